The van der Waals surface area contributed by atoms with Crippen molar-refractivity contribution in [2.45, 2.75) is 11.3 Å². The summed E-state index contributed by atoms with van der Waals surface area (Å²) in [6.45, 7) is 0.771. The molecule has 7 nitrogen and oxygen atoms in total. The van der Waals surface area contributed by atoms with Crippen LogP contribution in [0.3, 0.4) is 0 Å². The fourth-order valence-electron chi connectivity index (χ4n) is 4.15. The van der Waals surface area contributed by atoms with Gasteiger partial charge in [-0.1, -0.05) is 12.1 Å². The Balaban J connectivity index is 1.58. The average molecular weight is 374 g/mol. The number of carbonyl (C=O) groups excluding carboxylic acids is 1. The first-order chi connectivity index (χ1) is 12.4. The molecule has 26 heavy (non-hydrogen) atoms. The fraction of sp³-hybridized carbons (Fsp3) is 0.444. The molecular weight excluding hydrogens is 352 g/mol. The molecule has 0 spiro atoms. The van der Waals surface area contributed by atoms with Crippen LogP contribution in [0.2, 0.25) is 0 Å². The summed E-state index contributed by atoms with van der Waals surface area (Å²) in [4.78, 5) is 16.6. The second-order valence-corrected chi connectivity index (χ2v) is 9.61. The number of aromatic nitrogens is 2. The summed E-state index contributed by atoms with van der Waals surface area (Å²) in [6, 6.07) is 7.34. The van der Waals surface area contributed by atoms with Gasteiger partial charge in [0.2, 0.25) is 0 Å². The zero-order valence-corrected chi connectivity index (χ0v) is 15.6. The number of H-pyrrole nitrogens is 1. The molecule has 2 aromatic rings. The number of benzene rings is 1. The molecular formula is C18H22N4O3S. The van der Waals surface area contributed by atoms with Gasteiger partial charge in [0.15, 0.2) is 9.84 Å². The van der Waals surface area contributed by atoms with Crippen LogP contribution in [0.5, 0.6) is 0 Å². The first-order valence-corrected chi connectivity index (χ1v) is 10.3. The lowest BCUT2D eigenvalue weighted by Crippen LogP contribution is -2.38. The van der Waals surface area contributed by atoms with Crippen molar-refractivity contribution >= 4 is 15.7 Å². The highest BCUT2D eigenvalue weighted by atomic mass is 32.2. The second kappa shape index (κ2) is 6.21. The van der Waals surface area contributed by atoms with E-state index in [-0.39, 0.29) is 30.2 Å². The molecule has 138 valence electrons. The number of sulfone groups is 1. The molecule has 0 unspecified atom stereocenters. The molecule has 0 bridgehead atoms. The maximum Gasteiger partial charge on any atom is 0.253 e. The molecule has 3 atom stereocenters. The van der Waals surface area contributed by atoms with Gasteiger partial charge in [-0.05, 0) is 31.8 Å². The Morgan fingerprint density at radius 2 is 2.08 bits per heavy atom. The van der Waals surface area contributed by atoms with E-state index >= 15 is 0 Å². The molecule has 8 heteroatoms. The molecule has 2 aliphatic heterocycles. The molecule has 2 saturated heterocycles. The van der Waals surface area contributed by atoms with Crippen LogP contribution in [0.15, 0.2) is 36.7 Å². The topological polar surface area (TPSA) is 86.4 Å². The lowest BCUT2D eigenvalue weighted by molar-refractivity contribution is 0.0779. The molecule has 2 fully saturated rings. The van der Waals surface area contributed by atoms with Gasteiger partial charge < -0.3 is 9.80 Å². The van der Waals surface area contributed by atoms with Crippen molar-refractivity contribution in [1.29, 1.82) is 0 Å². The third-order valence-electron chi connectivity index (χ3n) is 5.56. The number of fused-ring (bicyclic) bond motifs is 1. The predicted molar refractivity (Wildman–Crippen MR) is 98.5 cm³/mol. The van der Waals surface area contributed by atoms with E-state index in [1.165, 1.54) is 0 Å². The highest BCUT2D eigenvalue weighted by Gasteiger charge is 2.53. The predicted octanol–water partition coefficient (Wildman–Crippen LogP) is 0.876. The molecule has 1 aromatic heterocycles. The van der Waals surface area contributed by atoms with Crippen LogP contribution in [0.4, 0.5) is 0 Å². The average Bonchev–Trinajstić information content (AvgIpc) is 3.32. The van der Waals surface area contributed by atoms with Gasteiger partial charge in [0.1, 0.15) is 0 Å². The third-order valence-corrected chi connectivity index (χ3v) is 7.79. The molecule has 0 saturated carbocycles. The van der Waals surface area contributed by atoms with Gasteiger partial charge in [-0.3, -0.25) is 9.89 Å². The fourth-order valence-corrected chi connectivity index (χ4v) is 6.63. The highest BCUT2D eigenvalue weighted by Crippen LogP contribution is 2.36. The number of likely N-dealkylation sites (tertiary alicyclic amines) is 1. The lowest BCUT2D eigenvalue weighted by atomic mass is 10.00. The number of rotatable bonds is 3. The van der Waals surface area contributed by atoms with Gasteiger partial charge >= 0.3 is 0 Å². The maximum absolute atomic E-state index is 13.0. The zero-order chi connectivity index (χ0) is 18.5. The smallest absolute Gasteiger partial charge is 0.253 e. The summed E-state index contributed by atoms with van der Waals surface area (Å²) >= 11 is 0. The van der Waals surface area contributed by atoms with Crippen LogP contribution >= 0.6 is 0 Å². The summed E-state index contributed by atoms with van der Waals surface area (Å²) < 4.78 is 25.0. The van der Waals surface area contributed by atoms with Gasteiger partial charge in [0, 0.05) is 42.4 Å². The number of hydrogen-bond donors (Lipinski definition) is 1. The number of aromatic amines is 1. The molecule has 4 rings (SSSR count). The van der Waals surface area contributed by atoms with Crippen molar-refractivity contribution in [2.75, 3.05) is 32.9 Å². The first kappa shape index (κ1) is 17.2. The van der Waals surface area contributed by atoms with E-state index < -0.39 is 15.1 Å². The quantitative estimate of drug-likeness (QED) is 0.862. The summed E-state index contributed by atoms with van der Waals surface area (Å²) in [5.74, 6) is 0.0568. The van der Waals surface area contributed by atoms with Crippen LogP contribution in [0.25, 0.3) is 11.1 Å². The van der Waals surface area contributed by atoms with E-state index in [9.17, 15) is 13.2 Å². The minimum atomic E-state index is -3.16. The van der Waals surface area contributed by atoms with Crippen molar-refractivity contribution in [2.24, 2.45) is 5.92 Å². The Morgan fingerprint density at radius 3 is 2.77 bits per heavy atom. The van der Waals surface area contributed by atoms with E-state index in [1.807, 2.05) is 37.2 Å². The number of nitrogens with zero attached hydrogens (tertiary/aromatic N) is 3. The van der Waals surface area contributed by atoms with Crippen molar-refractivity contribution < 1.29 is 13.2 Å². The van der Waals surface area contributed by atoms with Crippen LogP contribution in [0, 0.1) is 5.92 Å². The van der Waals surface area contributed by atoms with Crippen molar-refractivity contribution in [1.82, 2.24) is 20.0 Å². The third kappa shape index (κ3) is 2.83. The summed E-state index contributed by atoms with van der Waals surface area (Å²) in [6.07, 6.45) is 3.48. The normalized spacial score (nSPS) is 27.0. The standard InChI is InChI=1S/C18H22N4O3S/c1-21(2)16-11-26(24,25)17-10-22(9-15(16)17)18(23)13-5-3-4-12(6-13)14-7-19-20-8-14/h3-8,15-17H,9-11H2,1-2H3,(H,19,20)/t15-,16+,17-/m0/s1. The van der Waals surface area contributed by atoms with Gasteiger partial charge in [-0.15, -0.1) is 0 Å². The Kier molecular flexibility index (Phi) is 4.11. The van der Waals surface area contributed by atoms with Crippen LogP contribution in [-0.4, -0.2) is 78.6 Å². The van der Waals surface area contributed by atoms with E-state index in [2.05, 4.69) is 10.2 Å². The van der Waals surface area contributed by atoms with Crippen LogP contribution in [-0.2, 0) is 9.84 Å². The Hall–Kier alpha value is -2.19. The Bertz CT molecular complexity index is 924. The van der Waals surface area contributed by atoms with E-state index in [0.717, 1.165) is 11.1 Å². The van der Waals surface area contributed by atoms with Gasteiger partial charge in [0.25, 0.3) is 5.91 Å². The Morgan fingerprint density at radius 1 is 1.27 bits per heavy atom. The van der Waals surface area contributed by atoms with Gasteiger partial charge in [0.05, 0.1) is 17.2 Å². The van der Waals surface area contributed by atoms with Gasteiger partial charge in [-0.25, -0.2) is 8.42 Å². The summed E-state index contributed by atoms with van der Waals surface area (Å²) in [5, 5.41) is 6.26. The van der Waals surface area contributed by atoms with Crippen molar-refractivity contribution in [3.05, 3.63) is 42.2 Å². The van der Waals surface area contributed by atoms with E-state index in [0.29, 0.717) is 12.1 Å². The number of amides is 1. The van der Waals surface area contributed by atoms with Crippen LogP contribution in [0.1, 0.15) is 10.4 Å². The van der Waals surface area contributed by atoms with E-state index in [4.69, 9.17) is 0 Å². The summed E-state index contributed by atoms with van der Waals surface area (Å²) in [7, 11) is 0.650. The molecule has 3 heterocycles. The molecule has 2 aliphatic rings. The first-order valence-electron chi connectivity index (χ1n) is 8.63. The molecule has 0 aliphatic carbocycles. The summed E-state index contributed by atoms with van der Waals surface area (Å²) in [5.41, 5.74) is 2.39. The number of nitrogens with one attached hydrogen (secondary N) is 1. The lowest BCUT2D eigenvalue weighted by Gasteiger charge is -2.25. The highest BCUT2D eigenvalue weighted by molar-refractivity contribution is 7.92. The Labute approximate surface area is 152 Å². The minimum absolute atomic E-state index is 0.0176. The van der Waals surface area contributed by atoms with Crippen LogP contribution < -0.4 is 0 Å². The molecule has 0 radical (unpaired) electrons. The van der Waals surface area contributed by atoms with Gasteiger partial charge in [-0.2, -0.15) is 5.10 Å². The van der Waals surface area contributed by atoms with Crippen molar-refractivity contribution in [3.8, 4) is 11.1 Å². The minimum Gasteiger partial charge on any atom is -0.337 e. The zero-order valence-electron chi connectivity index (χ0n) is 14.8. The van der Waals surface area contributed by atoms with E-state index in [1.54, 1.807) is 23.4 Å². The second-order valence-electron chi connectivity index (χ2n) is 7.34. The molecule has 1 N–H and O–H groups in total. The maximum atomic E-state index is 13.0. The molecule has 1 aromatic carbocycles. The monoisotopic (exact) mass is 374 g/mol. The van der Waals surface area contributed by atoms with Crippen molar-refractivity contribution in [3.63, 3.8) is 0 Å². The largest absolute Gasteiger partial charge is 0.337 e. The number of hydrogen-bond acceptors (Lipinski definition) is 5. The SMILES string of the molecule is CN(C)[C@@H]1CS(=O)(=O)[C@H]2CN(C(=O)c3cccc(-c4cn[nH]c4)c3)C[C@@H]12. The number of carbonyl (C=O) groups is 1. The molecule has 1 amide bonds.